The van der Waals surface area contributed by atoms with Gasteiger partial charge in [-0.1, -0.05) is 13.8 Å². The molecule has 18 heavy (non-hydrogen) atoms. The van der Waals surface area contributed by atoms with Gasteiger partial charge in [-0.3, -0.25) is 0 Å². The standard InChI is InChI=1S/C11H18IN3O2S/c1-7(2)5-8-10(12)11(13-3)15-9(14-8)6-18(4,16)17/h7H,5-6H2,1-4H3,(H,13,14,15). The first kappa shape index (κ1) is 15.6. The average Bonchev–Trinajstić information content (AvgIpc) is 2.19. The molecule has 0 aliphatic rings. The van der Waals surface area contributed by atoms with Gasteiger partial charge in [0.2, 0.25) is 0 Å². The summed E-state index contributed by atoms with van der Waals surface area (Å²) in [4.78, 5) is 8.60. The van der Waals surface area contributed by atoms with Crippen molar-refractivity contribution in [3.63, 3.8) is 0 Å². The maximum atomic E-state index is 11.3. The van der Waals surface area contributed by atoms with E-state index in [0.29, 0.717) is 17.6 Å². The van der Waals surface area contributed by atoms with Crippen molar-refractivity contribution in [1.29, 1.82) is 0 Å². The quantitative estimate of drug-likeness (QED) is 0.786. The monoisotopic (exact) mass is 383 g/mol. The van der Waals surface area contributed by atoms with Crippen molar-refractivity contribution in [1.82, 2.24) is 9.97 Å². The summed E-state index contributed by atoms with van der Waals surface area (Å²) in [6.45, 7) is 4.21. The van der Waals surface area contributed by atoms with Crippen LogP contribution in [-0.2, 0) is 22.0 Å². The molecule has 7 heteroatoms. The topological polar surface area (TPSA) is 72.0 Å². The summed E-state index contributed by atoms with van der Waals surface area (Å²) < 4.78 is 23.6. The molecule has 1 N–H and O–H groups in total. The number of nitrogens with zero attached hydrogens (tertiary/aromatic N) is 2. The van der Waals surface area contributed by atoms with Gasteiger partial charge in [-0.15, -0.1) is 0 Å². The molecule has 102 valence electrons. The third kappa shape index (κ3) is 4.68. The van der Waals surface area contributed by atoms with Gasteiger partial charge in [0.15, 0.2) is 9.84 Å². The van der Waals surface area contributed by atoms with Crippen LogP contribution in [0.15, 0.2) is 0 Å². The minimum Gasteiger partial charge on any atom is -0.372 e. The fraction of sp³-hybridized carbons (Fsp3) is 0.636. The van der Waals surface area contributed by atoms with Gasteiger partial charge in [0.25, 0.3) is 0 Å². The molecule has 0 spiro atoms. The number of nitrogens with one attached hydrogen (secondary N) is 1. The Bertz CT molecular complexity index is 529. The van der Waals surface area contributed by atoms with Crippen LogP contribution >= 0.6 is 22.6 Å². The van der Waals surface area contributed by atoms with Crippen LogP contribution in [0.25, 0.3) is 0 Å². The zero-order chi connectivity index (χ0) is 13.9. The van der Waals surface area contributed by atoms with E-state index < -0.39 is 9.84 Å². The predicted molar refractivity (Wildman–Crippen MR) is 81.4 cm³/mol. The highest BCUT2D eigenvalue weighted by molar-refractivity contribution is 14.1. The highest BCUT2D eigenvalue weighted by Gasteiger charge is 2.15. The number of hydrogen-bond acceptors (Lipinski definition) is 5. The summed E-state index contributed by atoms with van der Waals surface area (Å²) in [5, 5.41) is 2.98. The molecule has 0 aliphatic carbocycles. The molecular weight excluding hydrogens is 365 g/mol. The molecule has 0 saturated carbocycles. The third-order valence-corrected chi connectivity index (χ3v) is 4.11. The molecule has 0 bridgehead atoms. The smallest absolute Gasteiger partial charge is 0.154 e. The van der Waals surface area contributed by atoms with Gasteiger partial charge in [0.1, 0.15) is 17.4 Å². The normalized spacial score (nSPS) is 11.9. The Morgan fingerprint density at radius 1 is 1.33 bits per heavy atom. The molecule has 0 radical (unpaired) electrons. The van der Waals surface area contributed by atoms with E-state index in [4.69, 9.17) is 0 Å². The molecule has 0 saturated heterocycles. The second kappa shape index (κ2) is 6.14. The Balaban J connectivity index is 3.21. The summed E-state index contributed by atoms with van der Waals surface area (Å²) in [7, 11) is -1.34. The van der Waals surface area contributed by atoms with Crippen LogP contribution in [0.3, 0.4) is 0 Å². The van der Waals surface area contributed by atoms with Crippen LogP contribution in [0.1, 0.15) is 25.4 Å². The summed E-state index contributed by atoms with van der Waals surface area (Å²) >= 11 is 2.19. The molecule has 0 fully saturated rings. The molecule has 1 aromatic rings. The van der Waals surface area contributed by atoms with Crippen molar-refractivity contribution in [2.75, 3.05) is 18.6 Å². The lowest BCUT2D eigenvalue weighted by atomic mass is 10.1. The van der Waals surface area contributed by atoms with E-state index in [1.807, 2.05) is 0 Å². The zero-order valence-corrected chi connectivity index (χ0v) is 14.0. The van der Waals surface area contributed by atoms with E-state index in [1.54, 1.807) is 7.05 Å². The van der Waals surface area contributed by atoms with E-state index in [-0.39, 0.29) is 5.75 Å². The van der Waals surface area contributed by atoms with Crippen LogP contribution in [0.5, 0.6) is 0 Å². The van der Waals surface area contributed by atoms with Gasteiger partial charge in [-0.2, -0.15) is 0 Å². The molecule has 1 aromatic heterocycles. The van der Waals surface area contributed by atoms with Crippen LogP contribution in [0.4, 0.5) is 5.82 Å². The Morgan fingerprint density at radius 2 is 1.94 bits per heavy atom. The fourth-order valence-corrected chi connectivity index (χ4v) is 2.86. The molecule has 0 unspecified atom stereocenters. The van der Waals surface area contributed by atoms with Crippen molar-refractivity contribution in [2.24, 2.45) is 5.92 Å². The summed E-state index contributed by atoms with van der Waals surface area (Å²) in [5.41, 5.74) is 0.906. The SMILES string of the molecule is CNc1nc(CS(C)(=O)=O)nc(CC(C)C)c1I. The van der Waals surface area contributed by atoms with Gasteiger partial charge in [-0.05, 0) is 34.9 Å². The van der Waals surface area contributed by atoms with E-state index >= 15 is 0 Å². The molecule has 1 heterocycles. The molecule has 5 nitrogen and oxygen atoms in total. The van der Waals surface area contributed by atoms with Gasteiger partial charge < -0.3 is 5.32 Å². The summed E-state index contributed by atoms with van der Waals surface area (Å²) in [6, 6.07) is 0. The lowest BCUT2D eigenvalue weighted by Crippen LogP contribution is -2.12. The first-order chi connectivity index (χ1) is 8.23. The second-order valence-electron chi connectivity index (χ2n) is 4.67. The lowest BCUT2D eigenvalue weighted by molar-refractivity contribution is 0.598. The number of hydrogen-bond donors (Lipinski definition) is 1. The number of rotatable bonds is 5. The highest BCUT2D eigenvalue weighted by atomic mass is 127. The first-order valence-electron chi connectivity index (χ1n) is 5.63. The average molecular weight is 383 g/mol. The lowest BCUT2D eigenvalue weighted by Gasteiger charge is -2.12. The number of halogens is 1. The Labute approximate surface area is 122 Å². The molecule has 0 atom stereocenters. The molecule has 0 amide bonds. The second-order valence-corrected chi connectivity index (χ2v) is 7.89. The van der Waals surface area contributed by atoms with Crippen molar-refractivity contribution < 1.29 is 8.42 Å². The number of aromatic nitrogens is 2. The largest absolute Gasteiger partial charge is 0.372 e. The van der Waals surface area contributed by atoms with Crippen LogP contribution in [0, 0.1) is 9.49 Å². The maximum absolute atomic E-state index is 11.3. The zero-order valence-electron chi connectivity index (χ0n) is 11.0. The Morgan fingerprint density at radius 3 is 2.39 bits per heavy atom. The van der Waals surface area contributed by atoms with Crippen molar-refractivity contribution >= 4 is 38.2 Å². The van der Waals surface area contributed by atoms with Gasteiger partial charge in [-0.25, -0.2) is 18.4 Å². The number of anilines is 1. The highest BCUT2D eigenvalue weighted by Crippen LogP contribution is 2.21. The summed E-state index contributed by atoms with van der Waals surface area (Å²) in [6.07, 6.45) is 2.00. The van der Waals surface area contributed by atoms with E-state index in [9.17, 15) is 8.42 Å². The van der Waals surface area contributed by atoms with Crippen molar-refractivity contribution in [3.8, 4) is 0 Å². The Hall–Kier alpha value is -0.440. The molecular formula is C11H18IN3O2S. The van der Waals surface area contributed by atoms with E-state index in [2.05, 4.69) is 51.7 Å². The fourth-order valence-electron chi connectivity index (χ4n) is 1.53. The van der Waals surface area contributed by atoms with E-state index in [1.165, 1.54) is 6.26 Å². The molecule has 0 aliphatic heterocycles. The van der Waals surface area contributed by atoms with E-state index in [0.717, 1.165) is 15.7 Å². The maximum Gasteiger partial charge on any atom is 0.154 e. The molecule has 1 rings (SSSR count). The Kier molecular flexibility index (Phi) is 5.32. The minimum atomic E-state index is -3.12. The molecule has 0 aromatic carbocycles. The van der Waals surface area contributed by atoms with Crippen molar-refractivity contribution in [3.05, 3.63) is 15.1 Å². The van der Waals surface area contributed by atoms with Crippen LogP contribution in [-0.4, -0.2) is 31.7 Å². The van der Waals surface area contributed by atoms with Crippen LogP contribution in [0.2, 0.25) is 0 Å². The third-order valence-electron chi connectivity index (χ3n) is 2.20. The minimum absolute atomic E-state index is 0.121. The van der Waals surface area contributed by atoms with Gasteiger partial charge in [0, 0.05) is 13.3 Å². The predicted octanol–water partition coefficient (Wildman–Crippen LogP) is 1.87. The van der Waals surface area contributed by atoms with Gasteiger partial charge in [0.05, 0.1) is 9.26 Å². The summed E-state index contributed by atoms with van der Waals surface area (Å²) in [5.74, 6) is 1.39. The first-order valence-corrected chi connectivity index (χ1v) is 8.77. The van der Waals surface area contributed by atoms with Gasteiger partial charge >= 0.3 is 0 Å². The number of sulfone groups is 1. The van der Waals surface area contributed by atoms with Crippen LogP contribution < -0.4 is 5.32 Å². The van der Waals surface area contributed by atoms with Crippen molar-refractivity contribution in [2.45, 2.75) is 26.0 Å².